The number of amides is 1. The summed E-state index contributed by atoms with van der Waals surface area (Å²) in [6.07, 6.45) is 0.287. The predicted octanol–water partition coefficient (Wildman–Crippen LogP) is 3.76. The molecule has 23 heavy (non-hydrogen) atoms. The maximum atomic E-state index is 12.3. The number of hydrogen-bond acceptors (Lipinski definition) is 3. The molecule has 0 unspecified atom stereocenters. The summed E-state index contributed by atoms with van der Waals surface area (Å²) in [5, 5.41) is 11.3. The van der Waals surface area contributed by atoms with Gasteiger partial charge in [-0.1, -0.05) is 35.9 Å². The smallest absolute Gasteiger partial charge is 0.269 e. The minimum Gasteiger partial charge on any atom is -0.341 e. The first-order valence-electron chi connectivity index (χ1n) is 7.09. The third kappa shape index (κ3) is 4.29. The Hall–Kier alpha value is -2.40. The standard InChI is InChI=1S/C17H17ClN2O3/c1-12-5-3-4-6-13(12)10-17(21)19(2)11-14-9-15(20(22)23)7-8-16(14)18/h3-9H,10-11H2,1-2H3. The van der Waals surface area contributed by atoms with Crippen LogP contribution in [0.25, 0.3) is 0 Å². The molecule has 0 saturated carbocycles. The highest BCUT2D eigenvalue weighted by atomic mass is 35.5. The molecular weight excluding hydrogens is 316 g/mol. The van der Waals surface area contributed by atoms with Crippen molar-refractivity contribution in [2.24, 2.45) is 0 Å². The molecule has 2 aromatic carbocycles. The van der Waals surface area contributed by atoms with E-state index in [9.17, 15) is 14.9 Å². The zero-order valence-corrected chi connectivity index (χ0v) is 13.7. The molecule has 0 heterocycles. The number of rotatable bonds is 5. The van der Waals surface area contributed by atoms with E-state index in [1.165, 1.54) is 23.1 Å². The number of non-ortho nitro benzene ring substituents is 1. The van der Waals surface area contributed by atoms with Crippen molar-refractivity contribution in [2.45, 2.75) is 19.9 Å². The Morgan fingerprint density at radius 3 is 2.57 bits per heavy atom. The number of nitrogens with zero attached hydrogens (tertiary/aromatic N) is 2. The fourth-order valence-corrected chi connectivity index (χ4v) is 2.42. The van der Waals surface area contributed by atoms with E-state index < -0.39 is 4.92 Å². The van der Waals surface area contributed by atoms with E-state index in [1.807, 2.05) is 31.2 Å². The number of carbonyl (C=O) groups excluding carboxylic acids is 1. The highest BCUT2D eigenvalue weighted by Gasteiger charge is 2.15. The number of benzene rings is 2. The van der Waals surface area contributed by atoms with Crippen molar-refractivity contribution in [1.29, 1.82) is 0 Å². The van der Waals surface area contributed by atoms with Crippen molar-refractivity contribution in [3.63, 3.8) is 0 Å². The quantitative estimate of drug-likeness (QED) is 0.618. The number of carbonyl (C=O) groups is 1. The first kappa shape index (κ1) is 17.0. The first-order chi connectivity index (χ1) is 10.9. The van der Waals surface area contributed by atoms with Crippen molar-refractivity contribution in [3.8, 4) is 0 Å². The average Bonchev–Trinajstić information content (AvgIpc) is 2.51. The second kappa shape index (κ2) is 7.24. The van der Waals surface area contributed by atoms with Crippen LogP contribution in [0, 0.1) is 17.0 Å². The molecule has 0 atom stereocenters. The van der Waals surface area contributed by atoms with Gasteiger partial charge in [-0.05, 0) is 29.7 Å². The average molecular weight is 333 g/mol. The fourth-order valence-electron chi connectivity index (χ4n) is 2.25. The van der Waals surface area contributed by atoms with Crippen molar-refractivity contribution >= 4 is 23.2 Å². The van der Waals surface area contributed by atoms with Gasteiger partial charge in [-0.15, -0.1) is 0 Å². The molecule has 0 spiro atoms. The lowest BCUT2D eigenvalue weighted by atomic mass is 10.1. The lowest BCUT2D eigenvalue weighted by Crippen LogP contribution is -2.28. The number of aryl methyl sites for hydroxylation is 1. The Kier molecular flexibility index (Phi) is 5.34. The minimum absolute atomic E-state index is 0.0378. The van der Waals surface area contributed by atoms with Crippen molar-refractivity contribution in [1.82, 2.24) is 4.90 Å². The molecule has 0 fully saturated rings. The van der Waals surface area contributed by atoms with Gasteiger partial charge in [0.1, 0.15) is 0 Å². The van der Waals surface area contributed by atoms with Crippen LogP contribution in [0.15, 0.2) is 42.5 Å². The van der Waals surface area contributed by atoms with Crippen LogP contribution in [0.3, 0.4) is 0 Å². The summed E-state index contributed by atoms with van der Waals surface area (Å²) in [6.45, 7) is 2.19. The summed E-state index contributed by atoms with van der Waals surface area (Å²) >= 11 is 6.07. The van der Waals surface area contributed by atoms with Gasteiger partial charge in [0, 0.05) is 30.7 Å². The second-order valence-electron chi connectivity index (χ2n) is 5.39. The van der Waals surface area contributed by atoms with E-state index in [0.29, 0.717) is 10.6 Å². The topological polar surface area (TPSA) is 63.5 Å². The fraction of sp³-hybridized carbons (Fsp3) is 0.235. The van der Waals surface area contributed by atoms with Crippen molar-refractivity contribution < 1.29 is 9.72 Å². The number of likely N-dealkylation sites (N-methyl/N-ethyl adjacent to an activating group) is 1. The maximum absolute atomic E-state index is 12.3. The lowest BCUT2D eigenvalue weighted by Gasteiger charge is -2.18. The Morgan fingerprint density at radius 1 is 1.22 bits per heavy atom. The molecule has 1 amide bonds. The Bertz CT molecular complexity index is 746. The molecule has 0 radical (unpaired) electrons. The number of halogens is 1. The largest absolute Gasteiger partial charge is 0.341 e. The van der Waals surface area contributed by atoms with Gasteiger partial charge in [-0.25, -0.2) is 0 Å². The summed E-state index contributed by atoms with van der Waals surface area (Å²) in [7, 11) is 1.66. The molecule has 2 rings (SSSR count). The molecule has 6 heteroatoms. The molecule has 0 aliphatic rings. The summed E-state index contributed by atoms with van der Waals surface area (Å²) in [5.74, 6) is -0.0677. The van der Waals surface area contributed by atoms with E-state index >= 15 is 0 Å². The van der Waals surface area contributed by atoms with Gasteiger partial charge in [-0.3, -0.25) is 14.9 Å². The van der Waals surface area contributed by atoms with E-state index in [4.69, 9.17) is 11.6 Å². The van der Waals surface area contributed by atoms with E-state index in [1.54, 1.807) is 7.05 Å². The molecule has 0 aliphatic carbocycles. The normalized spacial score (nSPS) is 10.4. The van der Waals surface area contributed by atoms with Crippen molar-refractivity contribution in [3.05, 3.63) is 74.3 Å². The van der Waals surface area contributed by atoms with Crippen LogP contribution >= 0.6 is 11.6 Å². The van der Waals surface area contributed by atoms with E-state index in [2.05, 4.69) is 0 Å². The maximum Gasteiger partial charge on any atom is 0.269 e. The zero-order valence-electron chi connectivity index (χ0n) is 13.0. The van der Waals surface area contributed by atoms with Crippen LogP contribution in [0.2, 0.25) is 5.02 Å². The molecule has 0 saturated heterocycles. The van der Waals surface area contributed by atoms with E-state index in [0.717, 1.165) is 11.1 Å². The van der Waals surface area contributed by atoms with Gasteiger partial charge >= 0.3 is 0 Å². The van der Waals surface area contributed by atoms with Crippen LogP contribution in [0.4, 0.5) is 5.69 Å². The number of nitro benzene ring substituents is 1. The van der Waals surface area contributed by atoms with Gasteiger partial charge in [-0.2, -0.15) is 0 Å². The van der Waals surface area contributed by atoms with Crippen LogP contribution in [-0.4, -0.2) is 22.8 Å². The zero-order chi connectivity index (χ0) is 17.0. The number of nitro groups is 1. The van der Waals surface area contributed by atoms with Crippen LogP contribution in [0.5, 0.6) is 0 Å². The molecule has 2 aromatic rings. The van der Waals surface area contributed by atoms with Gasteiger partial charge in [0.05, 0.1) is 11.3 Å². The molecular formula is C17H17ClN2O3. The minimum atomic E-state index is -0.477. The summed E-state index contributed by atoms with van der Waals surface area (Å²) < 4.78 is 0. The SMILES string of the molecule is Cc1ccccc1CC(=O)N(C)Cc1cc([N+](=O)[O-])ccc1Cl. The Morgan fingerprint density at radius 2 is 1.91 bits per heavy atom. The Balaban J connectivity index is 2.11. The predicted molar refractivity (Wildman–Crippen MR) is 89.5 cm³/mol. The van der Waals surface area contributed by atoms with Crippen LogP contribution in [0.1, 0.15) is 16.7 Å². The highest BCUT2D eigenvalue weighted by molar-refractivity contribution is 6.31. The number of hydrogen-bond donors (Lipinski definition) is 0. The molecule has 0 aliphatic heterocycles. The third-order valence-electron chi connectivity index (χ3n) is 3.68. The van der Waals surface area contributed by atoms with Gasteiger partial charge in [0.15, 0.2) is 0 Å². The first-order valence-corrected chi connectivity index (χ1v) is 7.47. The molecule has 0 bridgehead atoms. The Labute approximate surface area is 139 Å². The molecule has 0 aromatic heterocycles. The van der Waals surface area contributed by atoms with Crippen LogP contribution in [-0.2, 0) is 17.8 Å². The summed E-state index contributed by atoms with van der Waals surface area (Å²) in [4.78, 5) is 24.2. The lowest BCUT2D eigenvalue weighted by molar-refractivity contribution is -0.384. The summed E-state index contributed by atoms with van der Waals surface area (Å²) in [5.41, 5.74) is 2.54. The van der Waals surface area contributed by atoms with Gasteiger partial charge in [0.25, 0.3) is 5.69 Å². The highest BCUT2D eigenvalue weighted by Crippen LogP contribution is 2.23. The monoisotopic (exact) mass is 332 g/mol. The van der Waals surface area contributed by atoms with Gasteiger partial charge in [0.2, 0.25) is 5.91 Å². The van der Waals surface area contributed by atoms with Crippen LogP contribution < -0.4 is 0 Å². The van der Waals surface area contributed by atoms with Gasteiger partial charge < -0.3 is 4.90 Å². The summed E-state index contributed by atoms with van der Waals surface area (Å²) in [6, 6.07) is 11.9. The second-order valence-corrected chi connectivity index (χ2v) is 5.79. The molecule has 5 nitrogen and oxygen atoms in total. The third-order valence-corrected chi connectivity index (χ3v) is 4.05. The van der Waals surface area contributed by atoms with E-state index in [-0.39, 0.29) is 24.6 Å². The molecule has 0 N–H and O–H groups in total. The van der Waals surface area contributed by atoms with Crippen molar-refractivity contribution in [2.75, 3.05) is 7.05 Å². The molecule has 120 valence electrons.